The summed E-state index contributed by atoms with van der Waals surface area (Å²) in [5.74, 6) is -1.37. The van der Waals surface area contributed by atoms with Crippen LogP contribution in [0, 0.1) is 20.8 Å². The largest absolute Gasteiger partial charge is 0.300 e. The number of nitrogens with zero attached hydrogens (tertiary/aromatic N) is 2. The van der Waals surface area contributed by atoms with Crippen molar-refractivity contribution >= 4 is 34.2 Å². The van der Waals surface area contributed by atoms with E-state index in [1.807, 2.05) is 19.2 Å². The summed E-state index contributed by atoms with van der Waals surface area (Å²) in [6.45, 7) is 5.78. The standard InChI is InChI=1S/C22H19N3O3S/c1-12-8-13(2)19(14(3)9-12)17-11-29-22(23-17)24-18(26)10-25-20(27)15-6-4-5-7-16(15)21(25)28/h4-9,11H,10H2,1-3H3,(H,23,24,26). The molecule has 2 heterocycles. The average Bonchev–Trinajstić information content (AvgIpc) is 3.20. The van der Waals surface area contributed by atoms with E-state index < -0.39 is 17.7 Å². The normalized spacial score (nSPS) is 13.0. The maximum Gasteiger partial charge on any atom is 0.262 e. The molecule has 0 aliphatic carbocycles. The number of rotatable bonds is 4. The molecule has 0 fully saturated rings. The zero-order valence-corrected chi connectivity index (χ0v) is 17.1. The van der Waals surface area contributed by atoms with E-state index in [1.54, 1.807) is 24.3 Å². The molecule has 1 aliphatic rings. The summed E-state index contributed by atoms with van der Waals surface area (Å²) in [4.78, 5) is 42.7. The highest BCUT2D eigenvalue weighted by atomic mass is 32.1. The van der Waals surface area contributed by atoms with Gasteiger partial charge in [0.1, 0.15) is 6.54 Å². The van der Waals surface area contributed by atoms with Crippen LogP contribution in [-0.2, 0) is 4.79 Å². The van der Waals surface area contributed by atoms with Crippen LogP contribution in [0.4, 0.5) is 5.13 Å². The first kappa shape index (κ1) is 19.0. The second-order valence-electron chi connectivity index (χ2n) is 7.10. The van der Waals surface area contributed by atoms with Crippen molar-refractivity contribution in [3.63, 3.8) is 0 Å². The third kappa shape index (κ3) is 3.45. The van der Waals surface area contributed by atoms with Gasteiger partial charge in [0.2, 0.25) is 5.91 Å². The molecule has 0 spiro atoms. The maximum absolute atomic E-state index is 12.4. The predicted octanol–water partition coefficient (Wildman–Crippen LogP) is 3.97. The van der Waals surface area contributed by atoms with Crippen molar-refractivity contribution in [3.8, 4) is 11.3 Å². The van der Waals surface area contributed by atoms with Gasteiger partial charge in [0.05, 0.1) is 16.8 Å². The quantitative estimate of drug-likeness (QED) is 0.666. The number of imide groups is 1. The van der Waals surface area contributed by atoms with Crippen LogP contribution >= 0.6 is 11.3 Å². The zero-order chi connectivity index (χ0) is 20.7. The van der Waals surface area contributed by atoms with Gasteiger partial charge in [-0.25, -0.2) is 4.98 Å². The van der Waals surface area contributed by atoms with Gasteiger partial charge in [0, 0.05) is 10.9 Å². The summed E-state index contributed by atoms with van der Waals surface area (Å²) in [5.41, 5.74) is 5.93. The Morgan fingerprint density at radius 2 is 1.62 bits per heavy atom. The molecule has 7 heteroatoms. The lowest BCUT2D eigenvalue weighted by Gasteiger charge is -2.12. The van der Waals surface area contributed by atoms with E-state index in [4.69, 9.17) is 0 Å². The van der Waals surface area contributed by atoms with Crippen molar-refractivity contribution < 1.29 is 14.4 Å². The van der Waals surface area contributed by atoms with Crippen LogP contribution in [0.15, 0.2) is 41.8 Å². The highest BCUT2D eigenvalue weighted by molar-refractivity contribution is 7.14. The van der Waals surface area contributed by atoms with Crippen molar-refractivity contribution in [3.05, 3.63) is 69.6 Å². The summed E-state index contributed by atoms with van der Waals surface area (Å²) in [5, 5.41) is 5.02. The van der Waals surface area contributed by atoms with Crippen molar-refractivity contribution in [1.29, 1.82) is 0 Å². The summed E-state index contributed by atoms with van der Waals surface area (Å²) < 4.78 is 0. The van der Waals surface area contributed by atoms with Crippen molar-refractivity contribution in [2.45, 2.75) is 20.8 Å². The molecule has 146 valence electrons. The van der Waals surface area contributed by atoms with Crippen molar-refractivity contribution in [2.24, 2.45) is 0 Å². The second kappa shape index (κ2) is 7.25. The highest BCUT2D eigenvalue weighted by Gasteiger charge is 2.36. The Morgan fingerprint density at radius 1 is 1.03 bits per heavy atom. The minimum absolute atomic E-state index is 0.326. The number of amides is 3. The summed E-state index contributed by atoms with van der Waals surface area (Å²) in [7, 11) is 0. The van der Waals surface area contributed by atoms with Gasteiger partial charge in [0.15, 0.2) is 5.13 Å². The molecule has 0 bridgehead atoms. The Kier molecular flexibility index (Phi) is 4.76. The van der Waals surface area contributed by atoms with Gasteiger partial charge in [-0.3, -0.25) is 19.3 Å². The highest BCUT2D eigenvalue weighted by Crippen LogP contribution is 2.31. The Labute approximate surface area is 172 Å². The molecule has 29 heavy (non-hydrogen) atoms. The Bertz CT molecular complexity index is 1110. The number of hydrogen-bond acceptors (Lipinski definition) is 5. The maximum atomic E-state index is 12.4. The molecule has 3 amide bonds. The fraction of sp³-hybridized carbons (Fsp3) is 0.182. The molecule has 4 rings (SSSR count). The Balaban J connectivity index is 1.49. The zero-order valence-electron chi connectivity index (χ0n) is 16.3. The number of nitrogens with one attached hydrogen (secondary N) is 1. The van der Waals surface area contributed by atoms with Gasteiger partial charge in [0.25, 0.3) is 11.8 Å². The minimum atomic E-state index is -0.460. The SMILES string of the molecule is Cc1cc(C)c(-c2csc(NC(=O)CN3C(=O)c4ccccc4C3=O)n2)c(C)c1. The number of carbonyl (C=O) groups is 3. The molecule has 1 aromatic heterocycles. The lowest BCUT2D eigenvalue weighted by Crippen LogP contribution is -2.37. The van der Waals surface area contributed by atoms with Crippen LogP contribution in [0.3, 0.4) is 0 Å². The first-order valence-corrected chi connectivity index (χ1v) is 10.0. The molecule has 0 radical (unpaired) electrons. The van der Waals surface area contributed by atoms with Crippen LogP contribution < -0.4 is 5.32 Å². The molecule has 0 atom stereocenters. The van der Waals surface area contributed by atoms with E-state index >= 15 is 0 Å². The minimum Gasteiger partial charge on any atom is -0.300 e. The summed E-state index contributed by atoms with van der Waals surface area (Å²) >= 11 is 1.31. The lowest BCUT2D eigenvalue weighted by atomic mass is 9.98. The molecule has 1 aliphatic heterocycles. The van der Waals surface area contributed by atoms with E-state index in [0.29, 0.717) is 16.3 Å². The van der Waals surface area contributed by atoms with Gasteiger partial charge in [-0.1, -0.05) is 29.8 Å². The van der Waals surface area contributed by atoms with Gasteiger partial charge >= 0.3 is 0 Å². The van der Waals surface area contributed by atoms with E-state index in [2.05, 4.69) is 29.4 Å². The molecule has 0 saturated carbocycles. The molecular weight excluding hydrogens is 386 g/mol. The van der Waals surface area contributed by atoms with Gasteiger partial charge < -0.3 is 5.32 Å². The number of thiazole rings is 1. The topological polar surface area (TPSA) is 79.4 Å². The molecule has 1 N–H and O–H groups in total. The Hall–Kier alpha value is -3.32. The average molecular weight is 405 g/mol. The summed E-state index contributed by atoms with van der Waals surface area (Å²) in [6.07, 6.45) is 0. The van der Waals surface area contributed by atoms with E-state index in [-0.39, 0.29) is 6.54 Å². The van der Waals surface area contributed by atoms with Gasteiger partial charge in [-0.05, 0) is 44.0 Å². The number of anilines is 1. The van der Waals surface area contributed by atoms with Crippen molar-refractivity contribution in [2.75, 3.05) is 11.9 Å². The number of aryl methyl sites for hydroxylation is 3. The number of aromatic nitrogens is 1. The van der Waals surface area contributed by atoms with Crippen LogP contribution in [-0.4, -0.2) is 34.2 Å². The first-order valence-electron chi connectivity index (χ1n) is 9.14. The number of fused-ring (bicyclic) bond motifs is 1. The molecule has 0 unspecified atom stereocenters. The number of carbonyl (C=O) groups excluding carboxylic acids is 3. The first-order chi connectivity index (χ1) is 13.8. The fourth-order valence-electron chi connectivity index (χ4n) is 3.72. The van der Waals surface area contributed by atoms with Gasteiger partial charge in [-0.2, -0.15) is 0 Å². The lowest BCUT2D eigenvalue weighted by molar-refractivity contribution is -0.116. The third-order valence-corrected chi connectivity index (χ3v) is 5.62. The van der Waals surface area contributed by atoms with Crippen LogP contribution in [0.1, 0.15) is 37.4 Å². The molecular formula is C22H19N3O3S. The van der Waals surface area contributed by atoms with Crippen molar-refractivity contribution in [1.82, 2.24) is 9.88 Å². The second-order valence-corrected chi connectivity index (χ2v) is 7.96. The number of hydrogen-bond donors (Lipinski definition) is 1. The molecule has 0 saturated heterocycles. The van der Waals surface area contributed by atoms with E-state index in [0.717, 1.165) is 27.3 Å². The molecule has 2 aromatic carbocycles. The number of benzene rings is 2. The predicted molar refractivity (Wildman–Crippen MR) is 112 cm³/mol. The molecule has 6 nitrogen and oxygen atoms in total. The van der Waals surface area contributed by atoms with Crippen LogP contribution in [0.25, 0.3) is 11.3 Å². The van der Waals surface area contributed by atoms with E-state index in [1.165, 1.54) is 16.9 Å². The third-order valence-electron chi connectivity index (χ3n) is 4.86. The monoisotopic (exact) mass is 405 g/mol. The summed E-state index contributed by atoms with van der Waals surface area (Å²) in [6, 6.07) is 10.8. The Morgan fingerprint density at radius 3 is 2.21 bits per heavy atom. The smallest absolute Gasteiger partial charge is 0.262 e. The fourth-order valence-corrected chi connectivity index (χ4v) is 4.43. The molecule has 3 aromatic rings. The van der Waals surface area contributed by atoms with Crippen LogP contribution in [0.5, 0.6) is 0 Å². The van der Waals surface area contributed by atoms with E-state index in [9.17, 15) is 14.4 Å². The van der Waals surface area contributed by atoms with Crippen LogP contribution in [0.2, 0.25) is 0 Å². The van der Waals surface area contributed by atoms with Gasteiger partial charge in [-0.15, -0.1) is 11.3 Å².